The van der Waals surface area contributed by atoms with Crippen LogP contribution >= 0.6 is 0 Å². The lowest BCUT2D eigenvalue weighted by molar-refractivity contribution is 0.233. The summed E-state index contributed by atoms with van der Waals surface area (Å²) in [5, 5.41) is 5.83. The van der Waals surface area contributed by atoms with Crippen molar-refractivity contribution in [3.05, 3.63) is 59.5 Å². The molecular weight excluding hydrogens is 276 g/mol. The highest BCUT2D eigenvalue weighted by Crippen LogP contribution is 2.21. The van der Waals surface area contributed by atoms with Gasteiger partial charge in [-0.05, 0) is 31.5 Å². The van der Waals surface area contributed by atoms with Gasteiger partial charge in [-0.2, -0.15) is 0 Å². The second-order valence-electron chi connectivity index (χ2n) is 6.25. The van der Waals surface area contributed by atoms with Gasteiger partial charge in [0.1, 0.15) is 11.5 Å². The summed E-state index contributed by atoms with van der Waals surface area (Å²) in [7, 11) is 0. The molecule has 22 heavy (non-hydrogen) atoms. The standard InChI is InChI=1S/C18H24N2O2/c1-13-10-11-16(22-13)14(2)20-17(21)19-12-18(3,4)15-8-6-5-7-9-15/h5-11,14H,12H2,1-4H3,(H2,19,20,21). The van der Waals surface area contributed by atoms with Crippen LogP contribution in [0.5, 0.6) is 0 Å². The molecule has 2 aromatic rings. The highest BCUT2D eigenvalue weighted by Gasteiger charge is 2.21. The Morgan fingerprint density at radius 3 is 2.45 bits per heavy atom. The summed E-state index contributed by atoms with van der Waals surface area (Å²) in [6.45, 7) is 8.58. The summed E-state index contributed by atoms with van der Waals surface area (Å²) in [6, 6.07) is 13.6. The van der Waals surface area contributed by atoms with E-state index in [1.165, 1.54) is 5.56 Å². The summed E-state index contributed by atoms with van der Waals surface area (Å²) in [4.78, 5) is 12.0. The first-order valence-corrected chi connectivity index (χ1v) is 7.55. The molecule has 0 aliphatic heterocycles. The van der Waals surface area contributed by atoms with Crippen molar-refractivity contribution in [3.8, 4) is 0 Å². The van der Waals surface area contributed by atoms with Gasteiger partial charge in [-0.1, -0.05) is 44.2 Å². The molecule has 1 unspecified atom stereocenters. The maximum absolute atomic E-state index is 12.0. The van der Waals surface area contributed by atoms with Crippen LogP contribution in [-0.4, -0.2) is 12.6 Å². The molecule has 0 bridgehead atoms. The van der Waals surface area contributed by atoms with Gasteiger partial charge >= 0.3 is 6.03 Å². The number of aryl methyl sites for hydroxylation is 1. The Hall–Kier alpha value is -2.23. The Labute approximate surface area is 131 Å². The van der Waals surface area contributed by atoms with Gasteiger partial charge in [-0.15, -0.1) is 0 Å². The van der Waals surface area contributed by atoms with Gasteiger partial charge in [0.25, 0.3) is 0 Å². The number of furan rings is 1. The second kappa shape index (κ2) is 6.69. The van der Waals surface area contributed by atoms with E-state index in [0.29, 0.717) is 6.54 Å². The Kier molecular flexibility index (Phi) is 4.91. The average Bonchev–Trinajstić information content (AvgIpc) is 2.93. The van der Waals surface area contributed by atoms with E-state index in [2.05, 4.69) is 36.6 Å². The predicted molar refractivity (Wildman–Crippen MR) is 87.9 cm³/mol. The number of benzene rings is 1. The zero-order chi connectivity index (χ0) is 16.2. The molecule has 2 rings (SSSR count). The molecule has 2 N–H and O–H groups in total. The van der Waals surface area contributed by atoms with E-state index in [-0.39, 0.29) is 17.5 Å². The number of rotatable bonds is 5. The van der Waals surface area contributed by atoms with Gasteiger partial charge in [0, 0.05) is 12.0 Å². The number of amides is 2. The molecule has 0 saturated carbocycles. The van der Waals surface area contributed by atoms with Crippen LogP contribution in [-0.2, 0) is 5.41 Å². The average molecular weight is 300 g/mol. The lowest BCUT2D eigenvalue weighted by Gasteiger charge is -2.26. The topological polar surface area (TPSA) is 54.3 Å². The smallest absolute Gasteiger partial charge is 0.315 e. The highest BCUT2D eigenvalue weighted by molar-refractivity contribution is 5.74. The maximum atomic E-state index is 12.0. The molecule has 0 spiro atoms. The third-order valence-electron chi connectivity index (χ3n) is 3.78. The van der Waals surface area contributed by atoms with Crippen LogP contribution < -0.4 is 10.6 Å². The van der Waals surface area contributed by atoms with E-state index in [0.717, 1.165) is 11.5 Å². The lowest BCUT2D eigenvalue weighted by atomic mass is 9.85. The van der Waals surface area contributed by atoms with Crippen molar-refractivity contribution >= 4 is 6.03 Å². The van der Waals surface area contributed by atoms with Crippen molar-refractivity contribution in [3.63, 3.8) is 0 Å². The van der Waals surface area contributed by atoms with E-state index in [9.17, 15) is 4.79 Å². The van der Waals surface area contributed by atoms with Crippen LogP contribution in [0.3, 0.4) is 0 Å². The first-order valence-electron chi connectivity index (χ1n) is 7.55. The third kappa shape index (κ3) is 4.13. The van der Waals surface area contributed by atoms with E-state index < -0.39 is 0 Å². The molecule has 4 nitrogen and oxygen atoms in total. The van der Waals surface area contributed by atoms with Gasteiger partial charge in [-0.3, -0.25) is 0 Å². The predicted octanol–water partition coefficient (Wildman–Crippen LogP) is 3.93. The molecular formula is C18H24N2O2. The molecule has 1 heterocycles. The van der Waals surface area contributed by atoms with Crippen molar-refractivity contribution in [2.75, 3.05) is 6.54 Å². The number of hydrogen-bond donors (Lipinski definition) is 2. The Morgan fingerprint density at radius 2 is 1.86 bits per heavy atom. The first-order chi connectivity index (χ1) is 10.4. The molecule has 1 aromatic heterocycles. The fourth-order valence-corrected chi connectivity index (χ4v) is 2.30. The van der Waals surface area contributed by atoms with Crippen molar-refractivity contribution in [2.45, 2.75) is 39.2 Å². The molecule has 2 amide bonds. The monoisotopic (exact) mass is 300 g/mol. The molecule has 4 heteroatoms. The van der Waals surface area contributed by atoms with Gasteiger partial charge in [0.05, 0.1) is 6.04 Å². The molecule has 0 aliphatic rings. The van der Waals surface area contributed by atoms with Crippen LogP contribution in [0.1, 0.15) is 43.9 Å². The summed E-state index contributed by atoms with van der Waals surface area (Å²) < 4.78 is 5.52. The lowest BCUT2D eigenvalue weighted by Crippen LogP contribution is -2.43. The largest absolute Gasteiger partial charge is 0.464 e. The summed E-state index contributed by atoms with van der Waals surface area (Å²) >= 11 is 0. The van der Waals surface area contributed by atoms with E-state index in [4.69, 9.17) is 4.42 Å². The van der Waals surface area contributed by atoms with Crippen LogP contribution in [0.25, 0.3) is 0 Å². The minimum atomic E-state index is -0.189. The number of nitrogens with one attached hydrogen (secondary N) is 2. The molecule has 0 aliphatic carbocycles. The minimum absolute atomic E-state index is 0.122. The van der Waals surface area contributed by atoms with Crippen molar-refractivity contribution < 1.29 is 9.21 Å². The summed E-state index contributed by atoms with van der Waals surface area (Å²) in [5.74, 6) is 1.60. The SMILES string of the molecule is Cc1ccc(C(C)NC(=O)NCC(C)(C)c2ccccc2)o1. The quantitative estimate of drug-likeness (QED) is 0.879. The maximum Gasteiger partial charge on any atom is 0.315 e. The number of urea groups is 1. The van der Waals surface area contributed by atoms with Crippen LogP contribution in [0.15, 0.2) is 46.9 Å². The van der Waals surface area contributed by atoms with Gasteiger partial charge in [0.2, 0.25) is 0 Å². The number of carbonyl (C=O) groups excluding carboxylic acids is 1. The minimum Gasteiger partial charge on any atom is -0.464 e. The molecule has 0 fully saturated rings. The Bertz CT molecular complexity index is 617. The summed E-state index contributed by atoms with van der Waals surface area (Å²) in [5.41, 5.74) is 1.08. The zero-order valence-corrected chi connectivity index (χ0v) is 13.6. The number of carbonyl (C=O) groups is 1. The van der Waals surface area contributed by atoms with Crippen LogP contribution in [0.2, 0.25) is 0 Å². The van der Waals surface area contributed by atoms with Crippen molar-refractivity contribution in [1.29, 1.82) is 0 Å². The number of hydrogen-bond acceptors (Lipinski definition) is 2. The molecule has 1 aromatic carbocycles. The third-order valence-corrected chi connectivity index (χ3v) is 3.78. The zero-order valence-electron chi connectivity index (χ0n) is 13.6. The van der Waals surface area contributed by atoms with Crippen molar-refractivity contribution in [1.82, 2.24) is 10.6 Å². The van der Waals surface area contributed by atoms with E-state index in [1.54, 1.807) is 0 Å². The highest BCUT2D eigenvalue weighted by atomic mass is 16.3. The van der Waals surface area contributed by atoms with E-state index >= 15 is 0 Å². The molecule has 0 saturated heterocycles. The Morgan fingerprint density at radius 1 is 1.18 bits per heavy atom. The first kappa shape index (κ1) is 16.1. The van der Waals surface area contributed by atoms with E-state index in [1.807, 2.05) is 44.2 Å². The summed E-state index contributed by atoms with van der Waals surface area (Å²) in [6.07, 6.45) is 0. The molecule has 118 valence electrons. The van der Waals surface area contributed by atoms with Crippen LogP contribution in [0.4, 0.5) is 4.79 Å². The van der Waals surface area contributed by atoms with Gasteiger partial charge in [-0.25, -0.2) is 4.79 Å². The van der Waals surface area contributed by atoms with Crippen LogP contribution in [0, 0.1) is 6.92 Å². The second-order valence-corrected chi connectivity index (χ2v) is 6.25. The molecule has 0 radical (unpaired) electrons. The van der Waals surface area contributed by atoms with Crippen molar-refractivity contribution in [2.24, 2.45) is 0 Å². The fraction of sp³-hybridized carbons (Fsp3) is 0.389. The van der Waals surface area contributed by atoms with Gasteiger partial charge < -0.3 is 15.1 Å². The van der Waals surface area contributed by atoms with Gasteiger partial charge in [0.15, 0.2) is 0 Å². The molecule has 1 atom stereocenters. The Balaban J connectivity index is 1.87. The fourth-order valence-electron chi connectivity index (χ4n) is 2.30. The normalized spacial score (nSPS) is 12.7.